The minimum atomic E-state index is -1.13. The van der Waals surface area contributed by atoms with Gasteiger partial charge in [-0.05, 0) is 94.9 Å². The van der Waals surface area contributed by atoms with E-state index in [2.05, 4.69) is 37.5 Å². The van der Waals surface area contributed by atoms with Crippen molar-refractivity contribution in [1.82, 2.24) is 14.7 Å². The number of aliphatic hydroxyl groups excluding tert-OH is 1. The van der Waals surface area contributed by atoms with Crippen LogP contribution in [0.25, 0.3) is 0 Å². The fraction of sp³-hybridized carbons (Fsp3) is 0.919. The van der Waals surface area contributed by atoms with Crippen molar-refractivity contribution in [3.05, 3.63) is 0 Å². The number of carbonyl (C=O) groups excluding carboxylic acids is 3. The zero-order valence-corrected chi connectivity index (χ0v) is 32.7. The van der Waals surface area contributed by atoms with Gasteiger partial charge in [-0.1, -0.05) is 20.8 Å². The van der Waals surface area contributed by atoms with Gasteiger partial charge in [0.15, 0.2) is 17.7 Å². The Bertz CT molecular complexity index is 1140. The molecule has 0 aromatic rings. The third-order valence-corrected chi connectivity index (χ3v) is 11.9. The number of nitrogens with zero attached hydrogens (tertiary/aromatic N) is 3. The maximum absolute atomic E-state index is 14.3. The minimum absolute atomic E-state index is 0.0663. The van der Waals surface area contributed by atoms with Crippen LogP contribution in [0.4, 0.5) is 0 Å². The fourth-order valence-electron chi connectivity index (χ4n) is 8.37. The molecule has 13 atom stereocenters. The highest BCUT2D eigenvalue weighted by atomic mass is 16.7. The number of aliphatic hydroxyl groups is 1. The number of cyclic esters (lactones) is 1. The molecule has 0 saturated carbocycles. The molecular formula is C37H67N3O9. The number of ketones is 1. The Morgan fingerprint density at radius 2 is 1.71 bits per heavy atom. The smallest absolute Gasteiger partial charge is 0.316 e. The Morgan fingerprint density at radius 1 is 1.08 bits per heavy atom. The molecule has 3 rings (SSSR count). The van der Waals surface area contributed by atoms with Crippen LogP contribution in [-0.4, -0.2) is 146 Å². The van der Waals surface area contributed by atoms with Crippen molar-refractivity contribution in [3.63, 3.8) is 0 Å². The van der Waals surface area contributed by atoms with Gasteiger partial charge in [0.2, 0.25) is 0 Å². The normalized spacial score (nSPS) is 42.2. The van der Waals surface area contributed by atoms with Gasteiger partial charge in [0.1, 0.15) is 18.1 Å². The van der Waals surface area contributed by atoms with E-state index in [1.165, 1.54) is 0 Å². The summed E-state index contributed by atoms with van der Waals surface area (Å²) >= 11 is 0. The van der Waals surface area contributed by atoms with Crippen molar-refractivity contribution in [2.45, 2.75) is 148 Å². The predicted molar refractivity (Wildman–Crippen MR) is 187 cm³/mol. The molecule has 0 aliphatic carbocycles. The molecule has 0 aromatic heterocycles. The van der Waals surface area contributed by atoms with Crippen LogP contribution in [0.2, 0.25) is 0 Å². The summed E-state index contributed by atoms with van der Waals surface area (Å²) in [5, 5.41) is 11.6. The van der Waals surface area contributed by atoms with Crippen LogP contribution in [0.1, 0.15) is 88.0 Å². The van der Waals surface area contributed by atoms with E-state index >= 15 is 0 Å². The summed E-state index contributed by atoms with van der Waals surface area (Å²) < 4.78 is 31.6. The number of Topliss-reactive ketones (excluding diaryl/α,β-unsaturated/α-hetero) is 1. The molecule has 3 aliphatic rings. The molecule has 3 heterocycles. The first-order valence-electron chi connectivity index (χ1n) is 18.3. The molecule has 3 fully saturated rings. The maximum atomic E-state index is 14.3. The second kappa shape index (κ2) is 16.8. The molecule has 0 amide bonds. The lowest BCUT2D eigenvalue weighted by Gasteiger charge is -2.47. The van der Waals surface area contributed by atoms with Crippen molar-refractivity contribution >= 4 is 17.7 Å². The quantitative estimate of drug-likeness (QED) is 0.295. The second-order valence-corrected chi connectivity index (χ2v) is 16.2. The molecule has 5 unspecified atom stereocenters. The Hall–Kier alpha value is -1.67. The van der Waals surface area contributed by atoms with Gasteiger partial charge in [0, 0.05) is 50.2 Å². The zero-order valence-electron chi connectivity index (χ0n) is 32.7. The predicted octanol–water partition coefficient (Wildman–Crippen LogP) is 3.37. The highest BCUT2D eigenvalue weighted by Gasteiger charge is 2.56. The molecule has 284 valence electrons. The molecule has 0 spiro atoms. The van der Waals surface area contributed by atoms with Crippen LogP contribution in [0.15, 0.2) is 0 Å². The number of rotatable bonds is 8. The molecule has 3 aliphatic heterocycles. The van der Waals surface area contributed by atoms with Gasteiger partial charge in [0.05, 0.1) is 24.2 Å². The monoisotopic (exact) mass is 697 g/mol. The summed E-state index contributed by atoms with van der Waals surface area (Å²) in [6, 6.07) is -0.0172. The van der Waals surface area contributed by atoms with E-state index in [4.69, 9.17) is 23.7 Å². The summed E-state index contributed by atoms with van der Waals surface area (Å²) in [7, 11) is 9.55. The van der Waals surface area contributed by atoms with Gasteiger partial charge >= 0.3 is 11.9 Å². The van der Waals surface area contributed by atoms with E-state index in [9.17, 15) is 19.5 Å². The number of fused-ring (bicyclic) bond motifs is 1. The number of hydrogen-bond donors (Lipinski definition) is 1. The van der Waals surface area contributed by atoms with E-state index in [-0.39, 0.29) is 48.2 Å². The molecule has 12 heteroatoms. The first-order chi connectivity index (χ1) is 22.7. The zero-order chi connectivity index (χ0) is 37.2. The average Bonchev–Trinajstić information content (AvgIpc) is 3.34. The number of ether oxygens (including phenoxy) is 5. The Labute approximate surface area is 295 Å². The summed E-state index contributed by atoms with van der Waals surface area (Å²) in [5.41, 5.74) is -2.05. The van der Waals surface area contributed by atoms with Gasteiger partial charge in [0.25, 0.3) is 0 Å². The van der Waals surface area contributed by atoms with Crippen molar-refractivity contribution < 1.29 is 43.2 Å². The van der Waals surface area contributed by atoms with Crippen LogP contribution >= 0.6 is 0 Å². The van der Waals surface area contributed by atoms with Gasteiger partial charge in [-0.3, -0.25) is 14.4 Å². The molecule has 0 aromatic carbocycles. The van der Waals surface area contributed by atoms with Crippen LogP contribution in [0.5, 0.6) is 0 Å². The standard InChI is InChI=1S/C37H67N3O9/c1-15-29-37(9)27(17-30(41)49-37)25(7)40(13)19-22(4)18-36(8,45-14)33(23(5)31(42)24(6)34(44)47-29)48-35-32(43)28(38(10)11)16-26(46-35)20-39(12)21(2)3/h21-29,32-33,35,43H,15-20H2,1-14H3/t22-,23+,24?,25-,26?,27-,28?,29-,32?,33-,35?,36-,37+/m1/s1. The van der Waals surface area contributed by atoms with Crippen LogP contribution in [0, 0.1) is 23.7 Å². The lowest BCUT2D eigenvalue weighted by Crippen LogP contribution is -2.60. The Kier molecular flexibility index (Phi) is 14.3. The van der Waals surface area contributed by atoms with E-state index in [0.29, 0.717) is 38.4 Å². The van der Waals surface area contributed by atoms with E-state index in [0.717, 1.165) is 0 Å². The summed E-state index contributed by atoms with van der Waals surface area (Å²) in [5.74, 6) is -3.48. The van der Waals surface area contributed by atoms with Gasteiger partial charge < -0.3 is 43.5 Å². The molecule has 1 N–H and O–H groups in total. The number of methoxy groups -OCH3 is 1. The van der Waals surface area contributed by atoms with Gasteiger partial charge in [-0.25, -0.2) is 0 Å². The van der Waals surface area contributed by atoms with Gasteiger partial charge in [-0.15, -0.1) is 0 Å². The van der Waals surface area contributed by atoms with Crippen LogP contribution in [0.3, 0.4) is 0 Å². The Balaban J connectivity index is 2.06. The number of esters is 2. The third-order valence-electron chi connectivity index (χ3n) is 11.9. The number of hydrogen-bond acceptors (Lipinski definition) is 12. The van der Waals surface area contributed by atoms with E-state index in [1.54, 1.807) is 21.0 Å². The summed E-state index contributed by atoms with van der Waals surface area (Å²) in [4.78, 5) is 47.2. The SMILES string of the molecule is CC[C@H]1OC(=O)C(C)C(=O)[C@H](C)[C@@H](OC2OC(CN(C)C(C)C)CC(N(C)C)C2O)[C@](C)(OC)C[C@@H](C)CN(C)[C@H](C)[C@H]2CC(=O)O[C@@]21C. The molecular weight excluding hydrogens is 630 g/mol. The van der Waals surface area contributed by atoms with Crippen molar-refractivity contribution in [2.24, 2.45) is 23.7 Å². The fourth-order valence-corrected chi connectivity index (χ4v) is 8.37. The summed E-state index contributed by atoms with van der Waals surface area (Å²) in [6.07, 6.45) is -2.10. The van der Waals surface area contributed by atoms with Crippen molar-refractivity contribution in [2.75, 3.05) is 48.4 Å². The van der Waals surface area contributed by atoms with Crippen LogP contribution in [-0.2, 0) is 38.1 Å². The average molecular weight is 698 g/mol. The second-order valence-electron chi connectivity index (χ2n) is 16.2. The number of likely N-dealkylation sites (N-methyl/N-ethyl adjacent to an activating group) is 2. The maximum Gasteiger partial charge on any atom is 0.316 e. The number of carbonyl (C=O) groups is 3. The lowest BCUT2D eigenvalue weighted by atomic mass is 9.77. The largest absolute Gasteiger partial charge is 0.458 e. The van der Waals surface area contributed by atoms with E-state index < -0.39 is 53.6 Å². The summed E-state index contributed by atoms with van der Waals surface area (Å²) in [6.45, 7) is 18.7. The highest BCUT2D eigenvalue weighted by Crippen LogP contribution is 2.43. The third kappa shape index (κ3) is 9.23. The van der Waals surface area contributed by atoms with E-state index in [1.807, 2.05) is 53.9 Å². The van der Waals surface area contributed by atoms with Crippen LogP contribution < -0.4 is 0 Å². The molecule has 49 heavy (non-hydrogen) atoms. The van der Waals surface area contributed by atoms with Gasteiger partial charge in [-0.2, -0.15) is 0 Å². The van der Waals surface area contributed by atoms with Crippen molar-refractivity contribution in [1.29, 1.82) is 0 Å². The topological polar surface area (TPSA) is 127 Å². The molecule has 3 saturated heterocycles. The highest BCUT2D eigenvalue weighted by molar-refractivity contribution is 6.00. The lowest BCUT2D eigenvalue weighted by molar-refractivity contribution is -0.299. The van der Waals surface area contributed by atoms with Crippen molar-refractivity contribution in [3.8, 4) is 0 Å². The first kappa shape index (κ1) is 41.7. The molecule has 12 nitrogen and oxygen atoms in total. The molecule has 0 radical (unpaired) electrons. The first-order valence-corrected chi connectivity index (χ1v) is 18.3. The molecule has 0 bridgehead atoms. The minimum Gasteiger partial charge on any atom is -0.458 e. The Morgan fingerprint density at radius 3 is 2.27 bits per heavy atom.